The van der Waals surface area contributed by atoms with E-state index in [1.165, 1.54) is 22.7 Å². The molecule has 1 aliphatic carbocycles. The Morgan fingerprint density at radius 1 is 1.14 bits per heavy atom. The number of amides is 3. The average molecular weight is 512 g/mol. The number of anilines is 1. The molecule has 2 heterocycles. The van der Waals surface area contributed by atoms with Crippen molar-refractivity contribution in [3.63, 3.8) is 0 Å². The molecule has 10 heteroatoms. The zero-order chi connectivity index (χ0) is 24.9. The second kappa shape index (κ2) is 11.0. The maximum atomic E-state index is 13.9. The first-order chi connectivity index (χ1) is 16.8. The highest BCUT2D eigenvalue weighted by atomic mass is 32.1. The Kier molecular flexibility index (Phi) is 7.82. The van der Waals surface area contributed by atoms with Gasteiger partial charge in [0.2, 0.25) is 5.91 Å². The van der Waals surface area contributed by atoms with E-state index < -0.39 is 17.9 Å². The number of hydrogen-bond acceptors (Lipinski definition) is 7. The summed E-state index contributed by atoms with van der Waals surface area (Å²) in [7, 11) is 0. The van der Waals surface area contributed by atoms with Gasteiger partial charge in [-0.05, 0) is 48.3 Å². The van der Waals surface area contributed by atoms with Gasteiger partial charge in [0, 0.05) is 10.9 Å². The number of nitrogens with zero attached hydrogens (tertiary/aromatic N) is 2. The molecule has 1 fully saturated rings. The van der Waals surface area contributed by atoms with Crippen LogP contribution in [0.15, 0.2) is 41.8 Å². The molecule has 0 bridgehead atoms. The number of carbonyl (C=O) groups is 3. The Bertz CT molecular complexity index is 1180. The Labute approximate surface area is 212 Å². The largest absolute Gasteiger partial charge is 0.395 e. The number of nitrogens with one attached hydrogen (secondary N) is 1. The second-order valence-corrected chi connectivity index (χ2v) is 10.6. The number of thiophene rings is 1. The lowest BCUT2D eigenvalue weighted by molar-refractivity contribution is -0.127. The SMILES string of the molecule is Cc1ccc([C@@H](C(=O)NC2CCCCC2)N(Cc2cccs2)C(=O)c2snc(C(N)=O)c2N)cc1. The smallest absolute Gasteiger partial charge is 0.270 e. The van der Waals surface area contributed by atoms with Crippen molar-refractivity contribution < 1.29 is 14.4 Å². The summed E-state index contributed by atoms with van der Waals surface area (Å²) in [5.74, 6) is -1.50. The first kappa shape index (κ1) is 24.9. The molecule has 0 radical (unpaired) electrons. The zero-order valence-corrected chi connectivity index (χ0v) is 21.2. The number of aromatic nitrogens is 1. The molecule has 4 rings (SSSR count). The van der Waals surface area contributed by atoms with E-state index in [4.69, 9.17) is 11.5 Å². The number of carbonyl (C=O) groups excluding carboxylic acids is 3. The van der Waals surface area contributed by atoms with Crippen LogP contribution in [0, 0.1) is 6.92 Å². The third-order valence-corrected chi connectivity index (χ3v) is 7.94. The van der Waals surface area contributed by atoms with Crippen LogP contribution < -0.4 is 16.8 Å². The van der Waals surface area contributed by atoms with Crippen LogP contribution in [-0.4, -0.2) is 33.0 Å². The van der Waals surface area contributed by atoms with Gasteiger partial charge in [-0.1, -0.05) is 55.2 Å². The minimum absolute atomic E-state index is 0.0565. The first-order valence-corrected chi connectivity index (χ1v) is 13.3. The number of nitrogens with two attached hydrogens (primary N) is 2. The summed E-state index contributed by atoms with van der Waals surface area (Å²) in [4.78, 5) is 41.9. The van der Waals surface area contributed by atoms with E-state index in [-0.39, 0.29) is 34.8 Å². The fourth-order valence-corrected chi connectivity index (χ4v) is 5.82. The number of nitrogen functional groups attached to an aromatic ring is 1. The maximum absolute atomic E-state index is 13.9. The molecular formula is C25H29N5O3S2. The van der Waals surface area contributed by atoms with E-state index >= 15 is 0 Å². The van der Waals surface area contributed by atoms with Gasteiger partial charge in [0.15, 0.2) is 5.69 Å². The Balaban J connectivity index is 1.75. The van der Waals surface area contributed by atoms with E-state index in [2.05, 4.69) is 9.69 Å². The molecule has 184 valence electrons. The monoisotopic (exact) mass is 511 g/mol. The summed E-state index contributed by atoms with van der Waals surface area (Å²) in [5, 5.41) is 5.11. The van der Waals surface area contributed by atoms with Gasteiger partial charge < -0.3 is 21.7 Å². The topological polar surface area (TPSA) is 131 Å². The van der Waals surface area contributed by atoms with Crippen molar-refractivity contribution in [1.82, 2.24) is 14.6 Å². The summed E-state index contributed by atoms with van der Waals surface area (Å²) in [5.41, 5.74) is 13.0. The van der Waals surface area contributed by atoms with Crippen LogP contribution in [0.5, 0.6) is 0 Å². The van der Waals surface area contributed by atoms with Crippen molar-refractivity contribution in [2.75, 3.05) is 5.73 Å². The highest BCUT2D eigenvalue weighted by molar-refractivity contribution is 7.10. The van der Waals surface area contributed by atoms with E-state index in [0.717, 1.165) is 47.7 Å². The van der Waals surface area contributed by atoms with Crippen LogP contribution in [-0.2, 0) is 11.3 Å². The molecule has 1 aromatic carbocycles. The van der Waals surface area contributed by atoms with Crippen molar-refractivity contribution in [1.29, 1.82) is 0 Å². The second-order valence-electron chi connectivity index (χ2n) is 8.81. The van der Waals surface area contributed by atoms with Crippen molar-refractivity contribution in [3.05, 3.63) is 68.4 Å². The van der Waals surface area contributed by atoms with E-state index in [1.54, 1.807) is 0 Å². The molecule has 3 aromatic rings. The fraction of sp³-hybridized carbons (Fsp3) is 0.360. The van der Waals surface area contributed by atoms with Crippen molar-refractivity contribution in [2.24, 2.45) is 5.73 Å². The van der Waals surface area contributed by atoms with E-state index in [9.17, 15) is 14.4 Å². The summed E-state index contributed by atoms with van der Waals surface area (Å²) >= 11 is 2.32. The maximum Gasteiger partial charge on any atom is 0.270 e. The van der Waals surface area contributed by atoms with Gasteiger partial charge in [0.05, 0.1) is 12.2 Å². The van der Waals surface area contributed by atoms with Gasteiger partial charge >= 0.3 is 0 Å². The highest BCUT2D eigenvalue weighted by Crippen LogP contribution is 2.31. The fourth-order valence-electron chi connectivity index (χ4n) is 4.36. The van der Waals surface area contributed by atoms with Gasteiger partial charge in [-0.3, -0.25) is 14.4 Å². The summed E-state index contributed by atoms with van der Waals surface area (Å²) in [6, 6.07) is 10.6. The van der Waals surface area contributed by atoms with Crippen molar-refractivity contribution >= 4 is 46.3 Å². The van der Waals surface area contributed by atoms with Crippen LogP contribution in [0.25, 0.3) is 0 Å². The molecule has 0 saturated heterocycles. The molecule has 35 heavy (non-hydrogen) atoms. The normalized spacial score (nSPS) is 14.9. The molecule has 0 unspecified atom stereocenters. The molecule has 8 nitrogen and oxygen atoms in total. The molecule has 0 spiro atoms. The summed E-state index contributed by atoms with van der Waals surface area (Å²) in [6.45, 7) is 2.18. The highest BCUT2D eigenvalue weighted by Gasteiger charge is 2.36. The number of primary amides is 1. The van der Waals surface area contributed by atoms with Gasteiger partial charge in [-0.25, -0.2) is 0 Å². The lowest BCUT2D eigenvalue weighted by Crippen LogP contribution is -2.46. The molecule has 1 saturated carbocycles. The third kappa shape index (κ3) is 5.71. The van der Waals surface area contributed by atoms with Crippen LogP contribution in [0.4, 0.5) is 5.69 Å². The zero-order valence-electron chi connectivity index (χ0n) is 19.5. The Morgan fingerprint density at radius 3 is 2.46 bits per heavy atom. The third-order valence-electron chi connectivity index (χ3n) is 6.23. The molecular weight excluding hydrogens is 482 g/mol. The number of benzene rings is 1. The van der Waals surface area contributed by atoms with Crippen LogP contribution >= 0.6 is 22.9 Å². The van der Waals surface area contributed by atoms with Gasteiger partial charge in [-0.2, -0.15) is 4.37 Å². The molecule has 1 aliphatic rings. The van der Waals surface area contributed by atoms with Crippen molar-refractivity contribution in [3.8, 4) is 0 Å². The quantitative estimate of drug-likeness (QED) is 0.420. The van der Waals surface area contributed by atoms with E-state index in [1.807, 2.05) is 48.7 Å². The summed E-state index contributed by atoms with van der Waals surface area (Å²) < 4.78 is 3.99. The first-order valence-electron chi connectivity index (χ1n) is 11.6. The van der Waals surface area contributed by atoms with Gasteiger partial charge in [0.1, 0.15) is 10.9 Å². The number of rotatable bonds is 8. The van der Waals surface area contributed by atoms with Crippen LogP contribution in [0.2, 0.25) is 0 Å². The standard InChI is InChI=1S/C25H29N5O3S2/c1-15-9-11-16(12-10-15)21(24(32)28-17-6-3-2-4-7-17)30(14-18-8-5-13-34-18)25(33)22-19(26)20(23(27)31)29-35-22/h5,8-13,17,21H,2-4,6-7,14,26H2,1H3,(H2,27,31)(H,28,32)/t21-/m0/s1. The minimum Gasteiger partial charge on any atom is -0.395 e. The van der Waals surface area contributed by atoms with E-state index in [0.29, 0.717) is 5.56 Å². The molecule has 5 N–H and O–H groups in total. The molecule has 2 aromatic heterocycles. The number of hydrogen-bond donors (Lipinski definition) is 3. The average Bonchev–Trinajstić information content (AvgIpc) is 3.49. The predicted molar refractivity (Wildman–Crippen MR) is 138 cm³/mol. The predicted octanol–water partition coefficient (Wildman–Crippen LogP) is 4.03. The van der Waals surface area contributed by atoms with Crippen LogP contribution in [0.1, 0.15) is 74.3 Å². The molecule has 3 amide bonds. The van der Waals surface area contributed by atoms with Gasteiger partial charge in [0.25, 0.3) is 11.8 Å². The van der Waals surface area contributed by atoms with Crippen molar-refractivity contribution in [2.45, 2.75) is 57.7 Å². The Hall–Kier alpha value is -3.24. The lowest BCUT2D eigenvalue weighted by atomic mass is 9.94. The summed E-state index contributed by atoms with van der Waals surface area (Å²) in [6.07, 6.45) is 5.17. The Morgan fingerprint density at radius 2 is 1.86 bits per heavy atom. The van der Waals surface area contributed by atoms with Crippen LogP contribution in [0.3, 0.4) is 0 Å². The lowest BCUT2D eigenvalue weighted by Gasteiger charge is -2.33. The van der Waals surface area contributed by atoms with Gasteiger partial charge in [-0.15, -0.1) is 11.3 Å². The number of aryl methyl sites for hydroxylation is 1. The minimum atomic E-state index is -0.884. The molecule has 1 atom stereocenters. The molecule has 0 aliphatic heterocycles.